The second-order valence-corrected chi connectivity index (χ2v) is 8.12. The quantitative estimate of drug-likeness (QED) is 0.910. The summed E-state index contributed by atoms with van der Waals surface area (Å²) in [5.41, 5.74) is 1.27. The van der Waals surface area contributed by atoms with Crippen LogP contribution in [0.15, 0.2) is 4.90 Å². The van der Waals surface area contributed by atoms with Crippen LogP contribution in [0, 0.1) is 19.8 Å². The van der Waals surface area contributed by atoms with Gasteiger partial charge in [0.15, 0.2) is 0 Å². The molecule has 0 amide bonds. The molecule has 1 saturated heterocycles. The van der Waals surface area contributed by atoms with Crippen molar-refractivity contribution in [2.75, 3.05) is 20.1 Å². The van der Waals surface area contributed by atoms with Crippen LogP contribution in [0.2, 0.25) is 0 Å². The number of likely N-dealkylation sites (tertiary alicyclic amines) is 1. The maximum Gasteiger partial charge on any atom is 0.244 e. The van der Waals surface area contributed by atoms with Crippen LogP contribution in [0.25, 0.3) is 0 Å². The number of nitrogens with one attached hydrogen (secondary N) is 1. The van der Waals surface area contributed by atoms with Gasteiger partial charge >= 0.3 is 0 Å². The number of hydrogen-bond acceptors (Lipinski definition) is 4. The molecule has 7 heteroatoms. The summed E-state index contributed by atoms with van der Waals surface area (Å²) in [6.45, 7) is 11.3. The predicted molar refractivity (Wildman–Crippen MR) is 82.9 cm³/mol. The molecule has 2 unspecified atom stereocenters. The van der Waals surface area contributed by atoms with Crippen LogP contribution in [-0.4, -0.2) is 49.3 Å². The Morgan fingerprint density at radius 1 is 1.29 bits per heavy atom. The number of rotatable bonds is 4. The molecule has 1 aromatic heterocycles. The third-order valence-electron chi connectivity index (χ3n) is 4.12. The lowest BCUT2D eigenvalue weighted by Crippen LogP contribution is -2.39. The molecule has 2 rings (SSSR count). The van der Waals surface area contributed by atoms with Crippen molar-refractivity contribution in [2.45, 2.75) is 51.6 Å². The molecule has 0 radical (unpaired) electrons. The van der Waals surface area contributed by atoms with Gasteiger partial charge < -0.3 is 4.90 Å². The molecule has 120 valence electrons. The van der Waals surface area contributed by atoms with E-state index in [-0.39, 0.29) is 12.1 Å². The van der Waals surface area contributed by atoms with Crippen molar-refractivity contribution in [3.8, 4) is 0 Å². The minimum absolute atomic E-state index is 0.0406. The van der Waals surface area contributed by atoms with Gasteiger partial charge in [0.05, 0.1) is 11.4 Å². The Hall–Kier alpha value is -0.920. The van der Waals surface area contributed by atoms with Crippen molar-refractivity contribution in [3.05, 3.63) is 11.4 Å². The molecule has 21 heavy (non-hydrogen) atoms. The minimum atomic E-state index is -3.53. The standard InChI is InChI=1S/C14H26N4O2S/c1-9(2)18-12(5)14(11(4)15-18)21(19,20)16-13-8-17(6)7-10(13)3/h9-10,13,16H,7-8H2,1-6H3. The lowest BCUT2D eigenvalue weighted by atomic mass is 10.1. The average Bonchev–Trinajstić information content (AvgIpc) is 2.79. The summed E-state index contributed by atoms with van der Waals surface area (Å²) < 4.78 is 30.1. The summed E-state index contributed by atoms with van der Waals surface area (Å²) in [7, 11) is -1.52. The first kappa shape index (κ1) is 16.5. The maximum atomic E-state index is 12.7. The van der Waals surface area contributed by atoms with Gasteiger partial charge in [0.2, 0.25) is 10.0 Å². The van der Waals surface area contributed by atoms with Gasteiger partial charge in [-0.05, 0) is 40.7 Å². The van der Waals surface area contributed by atoms with Gasteiger partial charge in [-0.25, -0.2) is 13.1 Å². The van der Waals surface area contributed by atoms with E-state index < -0.39 is 10.0 Å². The Bertz CT molecular complexity index is 621. The molecule has 1 aliphatic rings. The molecule has 1 aliphatic heterocycles. The average molecular weight is 314 g/mol. The fourth-order valence-electron chi connectivity index (χ4n) is 3.16. The summed E-state index contributed by atoms with van der Waals surface area (Å²) in [4.78, 5) is 2.48. The first-order valence-electron chi connectivity index (χ1n) is 7.40. The van der Waals surface area contributed by atoms with E-state index in [9.17, 15) is 8.42 Å². The maximum absolute atomic E-state index is 12.7. The monoisotopic (exact) mass is 314 g/mol. The van der Waals surface area contributed by atoms with E-state index in [1.807, 2.05) is 27.8 Å². The Morgan fingerprint density at radius 2 is 1.90 bits per heavy atom. The highest BCUT2D eigenvalue weighted by Gasteiger charge is 2.33. The molecule has 2 atom stereocenters. The van der Waals surface area contributed by atoms with Crippen LogP contribution in [0.1, 0.15) is 38.2 Å². The van der Waals surface area contributed by atoms with Crippen LogP contribution >= 0.6 is 0 Å². The first-order valence-corrected chi connectivity index (χ1v) is 8.88. The molecule has 1 fully saturated rings. The first-order chi connectivity index (χ1) is 9.63. The molecular weight excluding hydrogens is 288 g/mol. The van der Waals surface area contributed by atoms with E-state index in [1.165, 1.54) is 0 Å². The largest absolute Gasteiger partial charge is 0.304 e. The molecular formula is C14H26N4O2S. The van der Waals surface area contributed by atoms with Crippen molar-refractivity contribution >= 4 is 10.0 Å². The SMILES string of the molecule is Cc1nn(C(C)C)c(C)c1S(=O)(=O)NC1CN(C)CC1C. The van der Waals surface area contributed by atoms with Crippen LogP contribution in [0.3, 0.4) is 0 Å². The van der Waals surface area contributed by atoms with E-state index in [0.29, 0.717) is 22.2 Å². The normalized spacial score (nSPS) is 24.1. The number of aryl methyl sites for hydroxylation is 1. The zero-order valence-corrected chi connectivity index (χ0v) is 14.5. The Morgan fingerprint density at radius 3 is 2.33 bits per heavy atom. The van der Waals surface area contributed by atoms with E-state index in [1.54, 1.807) is 11.6 Å². The Balaban J connectivity index is 2.32. The van der Waals surface area contributed by atoms with E-state index in [2.05, 4.69) is 21.6 Å². The molecule has 1 N–H and O–H groups in total. The van der Waals surface area contributed by atoms with Gasteiger partial charge in [0.25, 0.3) is 0 Å². The number of aromatic nitrogens is 2. The van der Waals surface area contributed by atoms with Gasteiger partial charge in [-0.3, -0.25) is 4.68 Å². The number of hydrogen-bond donors (Lipinski definition) is 1. The van der Waals surface area contributed by atoms with Gasteiger partial charge in [-0.2, -0.15) is 5.10 Å². The minimum Gasteiger partial charge on any atom is -0.304 e. The number of likely N-dealkylation sites (N-methyl/N-ethyl adjacent to an activating group) is 1. The zero-order chi connectivity index (χ0) is 15.9. The summed E-state index contributed by atoms with van der Waals surface area (Å²) in [5, 5.41) is 4.37. The Labute approximate surface area is 127 Å². The van der Waals surface area contributed by atoms with Crippen molar-refractivity contribution in [2.24, 2.45) is 5.92 Å². The third kappa shape index (κ3) is 3.14. The molecule has 0 saturated carbocycles. The van der Waals surface area contributed by atoms with Crippen molar-refractivity contribution in [1.29, 1.82) is 0 Å². The fraction of sp³-hybridized carbons (Fsp3) is 0.786. The number of nitrogens with zero attached hydrogens (tertiary/aromatic N) is 3. The van der Waals surface area contributed by atoms with Gasteiger partial charge in [0.1, 0.15) is 4.90 Å². The van der Waals surface area contributed by atoms with Gasteiger partial charge in [0, 0.05) is 25.2 Å². The van der Waals surface area contributed by atoms with Crippen LogP contribution in [0.5, 0.6) is 0 Å². The van der Waals surface area contributed by atoms with Crippen LogP contribution in [0.4, 0.5) is 0 Å². The predicted octanol–water partition coefficient (Wildman–Crippen LogP) is 1.31. The molecule has 0 bridgehead atoms. The van der Waals surface area contributed by atoms with Gasteiger partial charge in [-0.1, -0.05) is 6.92 Å². The summed E-state index contributed by atoms with van der Waals surface area (Å²) >= 11 is 0. The summed E-state index contributed by atoms with van der Waals surface area (Å²) in [6, 6.07) is 0.102. The van der Waals surface area contributed by atoms with E-state index in [4.69, 9.17) is 0 Å². The molecule has 1 aromatic rings. The third-order valence-corrected chi connectivity index (χ3v) is 5.86. The smallest absolute Gasteiger partial charge is 0.244 e. The molecule has 0 spiro atoms. The summed E-state index contributed by atoms with van der Waals surface area (Å²) in [5.74, 6) is 0.311. The number of sulfonamides is 1. The van der Waals surface area contributed by atoms with Crippen LogP contribution in [-0.2, 0) is 10.0 Å². The second-order valence-electron chi connectivity index (χ2n) is 6.46. The van der Waals surface area contributed by atoms with Gasteiger partial charge in [-0.15, -0.1) is 0 Å². The second kappa shape index (κ2) is 5.70. The van der Waals surface area contributed by atoms with Crippen LogP contribution < -0.4 is 4.72 Å². The fourth-order valence-corrected chi connectivity index (χ4v) is 4.90. The Kier molecular flexibility index (Phi) is 4.46. The van der Waals surface area contributed by atoms with Crippen molar-refractivity contribution in [1.82, 2.24) is 19.4 Å². The summed E-state index contributed by atoms with van der Waals surface area (Å²) in [6.07, 6.45) is 0. The topological polar surface area (TPSA) is 67.2 Å². The molecule has 0 aliphatic carbocycles. The lowest BCUT2D eigenvalue weighted by molar-refractivity contribution is 0.400. The van der Waals surface area contributed by atoms with Crippen molar-refractivity contribution < 1.29 is 8.42 Å². The van der Waals surface area contributed by atoms with Crippen molar-refractivity contribution in [3.63, 3.8) is 0 Å². The highest BCUT2D eigenvalue weighted by atomic mass is 32.2. The van der Waals surface area contributed by atoms with E-state index in [0.717, 1.165) is 13.1 Å². The molecule has 2 heterocycles. The van der Waals surface area contributed by atoms with E-state index >= 15 is 0 Å². The molecule has 0 aromatic carbocycles. The highest BCUT2D eigenvalue weighted by Crippen LogP contribution is 2.24. The molecule has 6 nitrogen and oxygen atoms in total. The highest BCUT2D eigenvalue weighted by molar-refractivity contribution is 7.89. The zero-order valence-electron chi connectivity index (χ0n) is 13.7. The lowest BCUT2D eigenvalue weighted by Gasteiger charge is -2.17.